The van der Waals surface area contributed by atoms with Crippen LogP contribution in [0.25, 0.3) is 11.0 Å². The number of halogens is 1. The van der Waals surface area contributed by atoms with E-state index in [1.54, 1.807) is 6.20 Å². The molecule has 0 aromatic carbocycles. The average molecular weight is 397 g/mol. The van der Waals surface area contributed by atoms with E-state index in [9.17, 15) is 0 Å². The molecule has 3 aromatic heterocycles. The Morgan fingerprint density at radius 1 is 1.11 bits per heavy atom. The van der Waals surface area contributed by atoms with E-state index in [-0.39, 0.29) is 0 Å². The van der Waals surface area contributed by atoms with Gasteiger partial charge in [0.2, 0.25) is 0 Å². The van der Waals surface area contributed by atoms with Crippen molar-refractivity contribution in [3.8, 4) is 0 Å². The lowest BCUT2D eigenvalue weighted by Gasteiger charge is -2.28. The third-order valence-electron chi connectivity index (χ3n) is 5.17. The summed E-state index contributed by atoms with van der Waals surface area (Å²) in [5.41, 5.74) is 3.02. The number of rotatable bonds is 6. The van der Waals surface area contributed by atoms with Gasteiger partial charge in [0, 0.05) is 43.1 Å². The molecule has 0 unspecified atom stereocenters. The zero-order chi connectivity index (χ0) is 19.3. The Bertz CT molecular complexity index is 939. The number of nitrogens with one attached hydrogen (secondary N) is 1. The molecule has 0 spiro atoms. The van der Waals surface area contributed by atoms with Gasteiger partial charge in [-0.1, -0.05) is 13.0 Å². The van der Waals surface area contributed by atoms with Crippen molar-refractivity contribution in [3.63, 3.8) is 0 Å². The van der Waals surface area contributed by atoms with Gasteiger partial charge in [-0.15, -0.1) is 11.6 Å². The molecule has 0 radical (unpaired) electrons. The van der Waals surface area contributed by atoms with E-state index in [0.717, 1.165) is 67.3 Å². The molecule has 146 valence electrons. The number of anilines is 1. The molecule has 0 atom stereocenters. The lowest BCUT2D eigenvalue weighted by Crippen LogP contribution is -2.34. The maximum Gasteiger partial charge on any atom is 0.165 e. The molecule has 0 bridgehead atoms. The second-order valence-electron chi connectivity index (χ2n) is 7.13. The summed E-state index contributed by atoms with van der Waals surface area (Å²) < 4.78 is 0. The van der Waals surface area contributed by atoms with Crippen LogP contribution in [0.2, 0.25) is 0 Å². The molecule has 1 N–H and O–H groups in total. The quantitative estimate of drug-likeness (QED) is 0.639. The first-order chi connectivity index (χ1) is 13.7. The van der Waals surface area contributed by atoms with Crippen molar-refractivity contribution in [2.45, 2.75) is 44.7 Å². The topological polar surface area (TPSA) is 66.8 Å². The van der Waals surface area contributed by atoms with Gasteiger partial charge in [0.05, 0.1) is 11.9 Å². The van der Waals surface area contributed by atoms with Crippen molar-refractivity contribution in [2.75, 3.05) is 18.4 Å². The van der Waals surface area contributed by atoms with Crippen molar-refractivity contribution in [1.82, 2.24) is 24.8 Å². The van der Waals surface area contributed by atoms with E-state index < -0.39 is 0 Å². The maximum absolute atomic E-state index is 6.23. The summed E-state index contributed by atoms with van der Waals surface area (Å²) in [6, 6.07) is 8.01. The Hall–Kier alpha value is -2.31. The van der Waals surface area contributed by atoms with Crippen LogP contribution in [-0.4, -0.2) is 43.3 Å². The third-order valence-corrected chi connectivity index (χ3v) is 5.60. The van der Waals surface area contributed by atoms with Crippen LogP contribution in [0.15, 0.2) is 36.7 Å². The van der Waals surface area contributed by atoms with Crippen molar-refractivity contribution >= 4 is 28.5 Å². The molecule has 4 heterocycles. The highest BCUT2D eigenvalue weighted by Gasteiger charge is 2.19. The molecular formula is C21H25ClN6. The second kappa shape index (κ2) is 8.80. The van der Waals surface area contributed by atoms with E-state index in [2.05, 4.69) is 38.2 Å². The zero-order valence-electron chi connectivity index (χ0n) is 16.1. The van der Waals surface area contributed by atoms with E-state index >= 15 is 0 Å². The van der Waals surface area contributed by atoms with E-state index in [4.69, 9.17) is 16.6 Å². The first-order valence-corrected chi connectivity index (χ1v) is 10.3. The van der Waals surface area contributed by atoms with Crippen LogP contribution < -0.4 is 5.32 Å². The fourth-order valence-electron chi connectivity index (χ4n) is 3.60. The second-order valence-corrected chi connectivity index (χ2v) is 7.75. The van der Waals surface area contributed by atoms with Crippen molar-refractivity contribution in [1.29, 1.82) is 0 Å². The minimum atomic E-state index is 0.292. The Morgan fingerprint density at radius 2 is 1.89 bits per heavy atom. The molecule has 0 aliphatic carbocycles. The highest BCUT2D eigenvalue weighted by Crippen LogP contribution is 2.22. The number of hydrogen-bond donors (Lipinski definition) is 1. The lowest BCUT2D eigenvalue weighted by atomic mass is 10.1. The third kappa shape index (κ3) is 4.39. The van der Waals surface area contributed by atoms with Gasteiger partial charge < -0.3 is 5.32 Å². The van der Waals surface area contributed by atoms with Crippen LogP contribution in [0.3, 0.4) is 0 Å². The average Bonchev–Trinajstić information content (AvgIpc) is 2.74. The number of hydrogen-bond acceptors (Lipinski definition) is 6. The van der Waals surface area contributed by atoms with Crippen molar-refractivity contribution in [2.24, 2.45) is 0 Å². The lowest BCUT2D eigenvalue weighted by molar-refractivity contribution is 0.218. The molecular weight excluding hydrogens is 372 g/mol. The molecule has 1 aliphatic heterocycles. The first kappa shape index (κ1) is 19.0. The highest BCUT2D eigenvalue weighted by molar-refractivity contribution is 6.20. The monoisotopic (exact) mass is 396 g/mol. The number of piperidine rings is 1. The van der Waals surface area contributed by atoms with Gasteiger partial charge in [-0.25, -0.2) is 15.0 Å². The summed E-state index contributed by atoms with van der Waals surface area (Å²) in [6.45, 7) is 5.48. The zero-order valence-corrected chi connectivity index (χ0v) is 16.9. The van der Waals surface area contributed by atoms with Crippen LogP contribution in [0.4, 0.5) is 5.82 Å². The summed E-state index contributed by atoms with van der Waals surface area (Å²) in [7, 11) is 0. The number of nitrogens with zero attached hydrogens (tertiary/aromatic N) is 5. The van der Waals surface area contributed by atoms with Gasteiger partial charge in [0.25, 0.3) is 0 Å². The smallest absolute Gasteiger partial charge is 0.165 e. The fourth-order valence-corrected chi connectivity index (χ4v) is 3.80. The van der Waals surface area contributed by atoms with E-state index in [0.29, 0.717) is 11.9 Å². The summed E-state index contributed by atoms with van der Waals surface area (Å²) in [5.74, 6) is 1.62. The minimum Gasteiger partial charge on any atom is -0.365 e. The molecule has 0 amide bonds. The number of likely N-dealkylation sites (tertiary alicyclic amines) is 1. The van der Waals surface area contributed by atoms with E-state index in [1.165, 1.54) is 5.56 Å². The molecule has 7 heteroatoms. The largest absolute Gasteiger partial charge is 0.365 e. The Labute approximate surface area is 170 Å². The van der Waals surface area contributed by atoms with E-state index in [1.807, 2.05) is 24.4 Å². The van der Waals surface area contributed by atoms with Crippen LogP contribution in [0, 0.1) is 0 Å². The molecule has 28 heavy (non-hydrogen) atoms. The summed E-state index contributed by atoms with van der Waals surface area (Å²) in [6.07, 6.45) is 6.55. The van der Waals surface area contributed by atoms with Gasteiger partial charge in [-0.05, 0) is 43.0 Å². The van der Waals surface area contributed by atoms with Crippen LogP contribution in [-0.2, 0) is 19.5 Å². The predicted molar refractivity (Wildman–Crippen MR) is 112 cm³/mol. The minimum absolute atomic E-state index is 0.292. The van der Waals surface area contributed by atoms with Crippen molar-refractivity contribution < 1.29 is 0 Å². The van der Waals surface area contributed by atoms with Gasteiger partial charge in [0.15, 0.2) is 5.65 Å². The molecule has 1 saturated heterocycles. The SMILES string of the molecule is CCc1ncccc1CNc1nc(CN2CCC(Cl)CC2)nc2ncccc12. The van der Waals surface area contributed by atoms with Gasteiger partial charge in [0.1, 0.15) is 11.6 Å². The number of pyridine rings is 2. The normalized spacial score (nSPS) is 15.8. The van der Waals surface area contributed by atoms with Crippen LogP contribution in [0.5, 0.6) is 0 Å². The molecule has 1 aliphatic rings. The summed E-state index contributed by atoms with van der Waals surface area (Å²) >= 11 is 6.23. The van der Waals surface area contributed by atoms with Gasteiger partial charge >= 0.3 is 0 Å². The maximum atomic E-state index is 6.23. The van der Waals surface area contributed by atoms with Gasteiger partial charge in [-0.3, -0.25) is 9.88 Å². The first-order valence-electron chi connectivity index (χ1n) is 9.87. The van der Waals surface area contributed by atoms with Gasteiger partial charge in [-0.2, -0.15) is 0 Å². The molecule has 0 saturated carbocycles. The van der Waals surface area contributed by atoms with Crippen LogP contribution >= 0.6 is 11.6 Å². The highest BCUT2D eigenvalue weighted by atomic mass is 35.5. The number of fused-ring (bicyclic) bond motifs is 1. The number of aromatic nitrogens is 4. The van der Waals surface area contributed by atoms with Crippen LogP contribution in [0.1, 0.15) is 36.8 Å². The van der Waals surface area contributed by atoms with Crippen molar-refractivity contribution in [3.05, 3.63) is 53.7 Å². The number of aryl methyl sites for hydroxylation is 1. The molecule has 4 rings (SSSR count). The summed E-state index contributed by atoms with van der Waals surface area (Å²) in [5, 5.41) is 4.72. The Morgan fingerprint density at radius 3 is 2.71 bits per heavy atom. The molecule has 3 aromatic rings. The Kier molecular flexibility index (Phi) is 5.98. The Balaban J connectivity index is 1.57. The molecule has 1 fully saturated rings. The predicted octanol–water partition coefficient (Wildman–Crippen LogP) is 3.80. The number of alkyl halides is 1. The fraction of sp³-hybridized carbons (Fsp3) is 0.429. The standard InChI is InChI=1S/C21H25ClN6/c1-2-18-15(5-3-9-23-18)13-25-21-17-6-4-10-24-20(17)26-19(27-21)14-28-11-7-16(22)8-12-28/h3-6,9-10,16H,2,7-8,11-14H2,1H3,(H,24,25,26,27). The summed E-state index contributed by atoms with van der Waals surface area (Å²) in [4.78, 5) is 20.8. The molecule has 6 nitrogen and oxygen atoms in total.